The molecule has 0 aliphatic carbocycles. The van der Waals surface area contributed by atoms with Gasteiger partial charge in [-0.3, -0.25) is 9.59 Å². The Hall–Kier alpha value is -3.22. The summed E-state index contributed by atoms with van der Waals surface area (Å²) in [6.45, 7) is -1.04. The number of rotatable bonds is 7. The molecule has 6 nitrogen and oxygen atoms in total. The Balaban J connectivity index is 1.78. The van der Waals surface area contributed by atoms with Crippen molar-refractivity contribution >= 4 is 23.9 Å². The van der Waals surface area contributed by atoms with E-state index in [0.29, 0.717) is 11.8 Å². The van der Waals surface area contributed by atoms with E-state index in [-0.39, 0.29) is 11.4 Å². The largest absolute Gasteiger partial charge is 0.481 e. The minimum absolute atomic E-state index is 0.00490. The molecule has 1 N–H and O–H groups in total. The summed E-state index contributed by atoms with van der Waals surface area (Å²) < 4.78 is 23.2. The fraction of sp³-hybridized carbons (Fsp3) is 0.118. The molecule has 0 bridgehead atoms. The first-order valence-corrected chi connectivity index (χ1v) is 6.97. The van der Waals surface area contributed by atoms with Crippen molar-refractivity contribution in [3.05, 3.63) is 59.9 Å². The van der Waals surface area contributed by atoms with Gasteiger partial charge in [0.25, 0.3) is 5.91 Å². The van der Waals surface area contributed by atoms with Crippen molar-refractivity contribution < 1.29 is 28.2 Å². The number of halogens is 1. The second kappa shape index (κ2) is 8.42. The van der Waals surface area contributed by atoms with E-state index in [0.717, 1.165) is 0 Å². The summed E-state index contributed by atoms with van der Waals surface area (Å²) in [5.74, 6) is -1.83. The van der Waals surface area contributed by atoms with Crippen LogP contribution in [0, 0.1) is 5.82 Å². The Morgan fingerprint density at radius 2 is 1.75 bits per heavy atom. The zero-order valence-corrected chi connectivity index (χ0v) is 12.5. The van der Waals surface area contributed by atoms with Gasteiger partial charge in [-0.2, -0.15) is 0 Å². The number of nitrogens with one attached hydrogen (secondary N) is 1. The Morgan fingerprint density at radius 1 is 1.04 bits per heavy atom. The van der Waals surface area contributed by atoms with Crippen LogP contribution in [0.25, 0.3) is 0 Å². The first-order chi connectivity index (χ1) is 11.6. The first-order valence-electron chi connectivity index (χ1n) is 6.97. The van der Waals surface area contributed by atoms with E-state index in [2.05, 4.69) is 5.32 Å². The molecule has 0 radical (unpaired) electrons. The summed E-state index contributed by atoms with van der Waals surface area (Å²) in [6, 6.07) is 12.0. The quantitative estimate of drug-likeness (QED) is 0.621. The lowest BCUT2D eigenvalue weighted by Gasteiger charge is -2.09. The number of amides is 1. The first kappa shape index (κ1) is 17.1. The highest BCUT2D eigenvalue weighted by Crippen LogP contribution is 2.15. The normalized spacial score (nSPS) is 9.88. The molecule has 0 fully saturated rings. The lowest BCUT2D eigenvalue weighted by atomic mass is 10.2. The van der Waals surface area contributed by atoms with Crippen LogP contribution in [0.2, 0.25) is 0 Å². The van der Waals surface area contributed by atoms with Gasteiger partial charge in [0.2, 0.25) is 0 Å². The summed E-state index contributed by atoms with van der Waals surface area (Å²) >= 11 is 0. The predicted molar refractivity (Wildman–Crippen MR) is 83.3 cm³/mol. The molecule has 2 aromatic carbocycles. The number of hydrogen-bond donors (Lipinski definition) is 1. The molecule has 0 spiro atoms. The van der Waals surface area contributed by atoms with Crippen LogP contribution in [0.15, 0.2) is 48.5 Å². The van der Waals surface area contributed by atoms with Crippen LogP contribution in [-0.4, -0.2) is 31.4 Å². The second-order valence-electron chi connectivity index (χ2n) is 4.63. The van der Waals surface area contributed by atoms with Crippen molar-refractivity contribution in [1.82, 2.24) is 0 Å². The molecule has 7 heteroatoms. The number of aldehydes is 1. The molecular formula is C17H14FNO5. The molecule has 124 valence electrons. The summed E-state index contributed by atoms with van der Waals surface area (Å²) in [6.07, 6.45) is 0.600. The third kappa shape index (κ3) is 4.91. The Labute approximate surface area is 137 Å². The fourth-order valence-electron chi connectivity index (χ4n) is 1.78. The summed E-state index contributed by atoms with van der Waals surface area (Å²) in [7, 11) is 0. The van der Waals surface area contributed by atoms with Gasteiger partial charge in [-0.25, -0.2) is 9.18 Å². The average Bonchev–Trinajstić information content (AvgIpc) is 2.60. The SMILES string of the molecule is O=Cc1ccccc1OCC(=O)OCC(=O)Nc1ccccc1F. The van der Waals surface area contributed by atoms with Crippen molar-refractivity contribution in [2.24, 2.45) is 0 Å². The molecular weight excluding hydrogens is 317 g/mol. The molecule has 1 amide bonds. The van der Waals surface area contributed by atoms with Crippen LogP contribution >= 0.6 is 0 Å². The maximum absolute atomic E-state index is 13.4. The van der Waals surface area contributed by atoms with Gasteiger partial charge >= 0.3 is 5.97 Å². The number of hydrogen-bond acceptors (Lipinski definition) is 5. The van der Waals surface area contributed by atoms with E-state index in [1.165, 1.54) is 30.3 Å². The van der Waals surface area contributed by atoms with Crippen LogP contribution in [0.3, 0.4) is 0 Å². The van der Waals surface area contributed by atoms with Crippen LogP contribution in [-0.2, 0) is 14.3 Å². The topological polar surface area (TPSA) is 81.7 Å². The summed E-state index contributed by atoms with van der Waals surface area (Å²) in [5, 5.41) is 2.28. The number of anilines is 1. The number of ether oxygens (including phenoxy) is 2. The van der Waals surface area contributed by atoms with E-state index in [1.54, 1.807) is 18.2 Å². The van der Waals surface area contributed by atoms with Crippen LogP contribution in [0.1, 0.15) is 10.4 Å². The van der Waals surface area contributed by atoms with Gasteiger partial charge in [0.1, 0.15) is 11.6 Å². The van der Waals surface area contributed by atoms with Gasteiger partial charge in [-0.1, -0.05) is 24.3 Å². The van der Waals surface area contributed by atoms with E-state index >= 15 is 0 Å². The molecule has 0 saturated heterocycles. The van der Waals surface area contributed by atoms with Gasteiger partial charge < -0.3 is 14.8 Å². The van der Waals surface area contributed by atoms with Crippen LogP contribution in [0.4, 0.5) is 10.1 Å². The number of esters is 1. The molecule has 0 unspecified atom stereocenters. The van der Waals surface area contributed by atoms with E-state index in [4.69, 9.17) is 9.47 Å². The highest BCUT2D eigenvalue weighted by atomic mass is 19.1. The van der Waals surface area contributed by atoms with Crippen molar-refractivity contribution in [3.63, 3.8) is 0 Å². The molecule has 0 aromatic heterocycles. The van der Waals surface area contributed by atoms with Crippen molar-refractivity contribution in [1.29, 1.82) is 0 Å². The Bertz CT molecular complexity index is 747. The maximum atomic E-state index is 13.4. The van der Waals surface area contributed by atoms with Gasteiger partial charge in [0.05, 0.1) is 11.3 Å². The second-order valence-corrected chi connectivity index (χ2v) is 4.63. The molecule has 24 heavy (non-hydrogen) atoms. The number of benzene rings is 2. The zero-order chi connectivity index (χ0) is 17.4. The molecule has 2 aromatic rings. The number of carbonyl (C=O) groups is 3. The Morgan fingerprint density at radius 3 is 2.50 bits per heavy atom. The number of para-hydroxylation sites is 2. The standard InChI is InChI=1S/C17H14FNO5/c18-13-6-2-3-7-14(13)19-16(21)10-24-17(22)11-23-15-8-4-1-5-12(15)9-20/h1-9H,10-11H2,(H,19,21). The lowest BCUT2D eigenvalue weighted by molar-refractivity contribution is -0.149. The van der Waals surface area contributed by atoms with Crippen molar-refractivity contribution in [2.45, 2.75) is 0 Å². The average molecular weight is 331 g/mol. The molecule has 0 heterocycles. The van der Waals surface area contributed by atoms with Crippen molar-refractivity contribution in [3.8, 4) is 5.75 Å². The minimum atomic E-state index is -0.792. The summed E-state index contributed by atoms with van der Waals surface area (Å²) in [4.78, 5) is 34.0. The van der Waals surface area contributed by atoms with Gasteiger partial charge in [0, 0.05) is 0 Å². The molecule has 0 saturated carbocycles. The predicted octanol–water partition coefficient (Wildman–Crippen LogP) is 2.20. The molecule has 0 aliphatic heterocycles. The Kier molecular flexibility index (Phi) is 6.01. The van der Waals surface area contributed by atoms with Gasteiger partial charge in [-0.15, -0.1) is 0 Å². The van der Waals surface area contributed by atoms with E-state index in [1.807, 2.05) is 0 Å². The molecule has 2 rings (SSSR count). The molecule has 0 atom stereocenters. The molecule has 0 aliphatic rings. The maximum Gasteiger partial charge on any atom is 0.344 e. The summed E-state index contributed by atoms with van der Waals surface area (Å²) in [5.41, 5.74) is 0.289. The van der Waals surface area contributed by atoms with Crippen molar-refractivity contribution in [2.75, 3.05) is 18.5 Å². The van der Waals surface area contributed by atoms with E-state index < -0.39 is 30.9 Å². The number of carbonyl (C=O) groups excluding carboxylic acids is 3. The zero-order valence-electron chi connectivity index (χ0n) is 12.5. The lowest BCUT2D eigenvalue weighted by Crippen LogP contribution is -2.24. The highest BCUT2D eigenvalue weighted by Gasteiger charge is 2.11. The highest BCUT2D eigenvalue weighted by molar-refractivity contribution is 5.93. The third-order valence-corrected chi connectivity index (χ3v) is 2.90. The monoisotopic (exact) mass is 331 g/mol. The van der Waals surface area contributed by atoms with Crippen LogP contribution < -0.4 is 10.1 Å². The van der Waals surface area contributed by atoms with Crippen LogP contribution in [0.5, 0.6) is 5.75 Å². The van der Waals surface area contributed by atoms with Gasteiger partial charge in [-0.05, 0) is 24.3 Å². The minimum Gasteiger partial charge on any atom is -0.481 e. The third-order valence-electron chi connectivity index (χ3n) is 2.90. The smallest absolute Gasteiger partial charge is 0.344 e. The van der Waals surface area contributed by atoms with E-state index in [9.17, 15) is 18.8 Å². The van der Waals surface area contributed by atoms with Gasteiger partial charge in [0.15, 0.2) is 19.5 Å². The fourth-order valence-corrected chi connectivity index (χ4v) is 1.78.